The second kappa shape index (κ2) is 5.57. The lowest BCUT2D eigenvalue weighted by atomic mass is 10.2. The summed E-state index contributed by atoms with van der Waals surface area (Å²) in [6, 6.07) is 5.29. The van der Waals surface area contributed by atoms with Crippen LogP contribution in [0, 0.1) is 5.92 Å². The first kappa shape index (κ1) is 14.0. The van der Waals surface area contributed by atoms with Gasteiger partial charge in [-0.15, -0.1) is 0 Å². The number of rotatable bonds is 3. The number of H-pyrrole nitrogens is 1. The van der Waals surface area contributed by atoms with Crippen molar-refractivity contribution in [2.24, 2.45) is 5.92 Å². The van der Waals surface area contributed by atoms with Crippen LogP contribution in [0.15, 0.2) is 28.9 Å². The van der Waals surface area contributed by atoms with Gasteiger partial charge in [-0.2, -0.15) is 5.10 Å². The number of carbonyl (C=O) groups is 2. The summed E-state index contributed by atoms with van der Waals surface area (Å²) in [6.07, 6.45) is 3.61. The highest BCUT2D eigenvalue weighted by atomic mass is 16.3. The normalized spacial score (nSPS) is 18.3. The van der Waals surface area contributed by atoms with E-state index in [0.29, 0.717) is 43.3 Å². The first-order valence-corrected chi connectivity index (χ1v) is 7.90. The summed E-state index contributed by atoms with van der Waals surface area (Å²) in [7, 11) is 0. The van der Waals surface area contributed by atoms with E-state index in [9.17, 15) is 9.59 Å². The molecule has 7 nitrogen and oxygen atoms in total. The van der Waals surface area contributed by atoms with Crippen molar-refractivity contribution in [1.82, 2.24) is 20.0 Å². The van der Waals surface area contributed by atoms with Gasteiger partial charge in [0.05, 0.1) is 6.26 Å². The molecule has 4 rings (SSSR count). The molecule has 0 unspecified atom stereocenters. The zero-order valence-corrected chi connectivity index (χ0v) is 12.7. The fourth-order valence-electron chi connectivity index (χ4n) is 2.87. The van der Waals surface area contributed by atoms with Gasteiger partial charge in [-0.25, -0.2) is 0 Å². The molecule has 2 fully saturated rings. The van der Waals surface area contributed by atoms with Gasteiger partial charge in [0.2, 0.25) is 5.91 Å². The topological polar surface area (TPSA) is 82.4 Å². The van der Waals surface area contributed by atoms with E-state index in [2.05, 4.69) is 10.2 Å². The predicted molar refractivity (Wildman–Crippen MR) is 81.5 cm³/mol. The number of nitrogens with one attached hydrogen (secondary N) is 1. The summed E-state index contributed by atoms with van der Waals surface area (Å²) in [5, 5.41) is 6.91. The van der Waals surface area contributed by atoms with Gasteiger partial charge in [-0.1, -0.05) is 0 Å². The van der Waals surface area contributed by atoms with Crippen LogP contribution >= 0.6 is 0 Å². The lowest BCUT2D eigenvalue weighted by Gasteiger charge is -2.34. The number of aromatic nitrogens is 2. The molecule has 1 saturated carbocycles. The second-order valence-corrected chi connectivity index (χ2v) is 6.04. The molecule has 0 atom stereocenters. The molecule has 7 heteroatoms. The van der Waals surface area contributed by atoms with Gasteiger partial charge in [0, 0.05) is 38.2 Å². The zero-order chi connectivity index (χ0) is 15.8. The van der Waals surface area contributed by atoms with Crippen molar-refractivity contribution in [3.63, 3.8) is 0 Å². The number of carbonyl (C=O) groups excluding carboxylic acids is 2. The predicted octanol–water partition coefficient (Wildman–Crippen LogP) is 1.36. The van der Waals surface area contributed by atoms with Crippen molar-refractivity contribution >= 4 is 11.8 Å². The average Bonchev–Trinajstić information content (AvgIpc) is 3.09. The van der Waals surface area contributed by atoms with Crippen LogP contribution in [0.4, 0.5) is 0 Å². The van der Waals surface area contributed by atoms with E-state index < -0.39 is 0 Å². The Morgan fingerprint density at radius 1 is 1.17 bits per heavy atom. The standard InChI is InChI=1S/C16H18N4O3/c21-15(11-3-4-11)19-5-7-20(8-6-19)16(22)13-10-12(17-18-13)14-2-1-9-23-14/h1-2,9-11H,3-8H2,(H,17,18). The molecular formula is C16H18N4O3. The Morgan fingerprint density at radius 2 is 1.91 bits per heavy atom. The fourth-order valence-corrected chi connectivity index (χ4v) is 2.87. The maximum atomic E-state index is 12.5. The van der Waals surface area contributed by atoms with E-state index in [4.69, 9.17) is 4.42 Å². The molecule has 120 valence electrons. The molecule has 2 aliphatic rings. The van der Waals surface area contributed by atoms with Crippen molar-refractivity contribution in [2.45, 2.75) is 12.8 Å². The molecule has 2 amide bonds. The molecule has 0 spiro atoms. The third-order valence-corrected chi connectivity index (χ3v) is 4.39. The molecule has 1 saturated heterocycles. The first-order chi connectivity index (χ1) is 11.2. The van der Waals surface area contributed by atoms with Gasteiger partial charge < -0.3 is 14.2 Å². The maximum Gasteiger partial charge on any atom is 0.274 e. The van der Waals surface area contributed by atoms with Crippen LogP contribution in [0.2, 0.25) is 0 Å². The highest BCUT2D eigenvalue weighted by Crippen LogP contribution is 2.31. The molecule has 0 aromatic carbocycles. The summed E-state index contributed by atoms with van der Waals surface area (Å²) in [5.41, 5.74) is 1.05. The van der Waals surface area contributed by atoms with Crippen LogP contribution in [-0.2, 0) is 4.79 Å². The average molecular weight is 314 g/mol. The summed E-state index contributed by atoms with van der Waals surface area (Å²) < 4.78 is 5.29. The summed E-state index contributed by atoms with van der Waals surface area (Å²) in [4.78, 5) is 28.2. The van der Waals surface area contributed by atoms with Gasteiger partial charge >= 0.3 is 0 Å². The van der Waals surface area contributed by atoms with Crippen LogP contribution in [0.1, 0.15) is 23.3 Å². The molecule has 1 N–H and O–H groups in total. The summed E-state index contributed by atoms with van der Waals surface area (Å²) in [5.74, 6) is 1.02. The number of furan rings is 1. The second-order valence-electron chi connectivity index (χ2n) is 6.04. The van der Waals surface area contributed by atoms with Crippen molar-refractivity contribution < 1.29 is 14.0 Å². The maximum absolute atomic E-state index is 12.5. The number of aromatic amines is 1. The third kappa shape index (κ3) is 2.74. The molecular weight excluding hydrogens is 296 g/mol. The smallest absolute Gasteiger partial charge is 0.274 e. The Kier molecular flexibility index (Phi) is 3.40. The third-order valence-electron chi connectivity index (χ3n) is 4.39. The van der Waals surface area contributed by atoms with Crippen molar-refractivity contribution in [3.05, 3.63) is 30.2 Å². The molecule has 0 radical (unpaired) electrons. The highest BCUT2D eigenvalue weighted by molar-refractivity contribution is 5.93. The number of piperazine rings is 1. The Hall–Kier alpha value is -2.57. The molecule has 3 heterocycles. The molecule has 2 aromatic heterocycles. The van der Waals surface area contributed by atoms with E-state index in [1.807, 2.05) is 11.0 Å². The Labute approximate surface area is 133 Å². The molecule has 2 aromatic rings. The van der Waals surface area contributed by atoms with E-state index >= 15 is 0 Å². The van der Waals surface area contributed by atoms with Crippen molar-refractivity contribution in [1.29, 1.82) is 0 Å². The molecule has 23 heavy (non-hydrogen) atoms. The minimum atomic E-state index is -0.113. The van der Waals surface area contributed by atoms with E-state index in [0.717, 1.165) is 12.8 Å². The van der Waals surface area contributed by atoms with Gasteiger partial charge in [0.1, 0.15) is 5.69 Å². The molecule has 1 aliphatic heterocycles. The summed E-state index contributed by atoms with van der Waals surface area (Å²) >= 11 is 0. The van der Waals surface area contributed by atoms with E-state index in [1.165, 1.54) is 0 Å². The zero-order valence-electron chi connectivity index (χ0n) is 12.7. The Balaban J connectivity index is 1.39. The monoisotopic (exact) mass is 314 g/mol. The summed E-state index contributed by atoms with van der Waals surface area (Å²) in [6.45, 7) is 2.33. The molecule has 1 aliphatic carbocycles. The number of hydrogen-bond acceptors (Lipinski definition) is 4. The van der Waals surface area contributed by atoms with Crippen LogP contribution in [0.25, 0.3) is 11.5 Å². The quantitative estimate of drug-likeness (QED) is 0.927. The highest BCUT2D eigenvalue weighted by Gasteiger charge is 2.35. The van der Waals surface area contributed by atoms with Gasteiger partial charge in [0.15, 0.2) is 11.5 Å². The Morgan fingerprint density at radius 3 is 2.57 bits per heavy atom. The van der Waals surface area contributed by atoms with Gasteiger partial charge in [-0.05, 0) is 25.0 Å². The Bertz CT molecular complexity index is 710. The van der Waals surface area contributed by atoms with Crippen LogP contribution in [0.3, 0.4) is 0 Å². The lowest BCUT2D eigenvalue weighted by molar-refractivity contribution is -0.134. The first-order valence-electron chi connectivity index (χ1n) is 7.90. The van der Waals surface area contributed by atoms with Crippen LogP contribution < -0.4 is 0 Å². The van der Waals surface area contributed by atoms with Crippen LogP contribution in [-0.4, -0.2) is 58.0 Å². The van der Waals surface area contributed by atoms with Gasteiger partial charge in [-0.3, -0.25) is 14.7 Å². The number of hydrogen-bond donors (Lipinski definition) is 1. The van der Waals surface area contributed by atoms with E-state index in [1.54, 1.807) is 23.3 Å². The number of nitrogens with zero attached hydrogens (tertiary/aromatic N) is 3. The minimum Gasteiger partial charge on any atom is -0.463 e. The largest absolute Gasteiger partial charge is 0.463 e. The fraction of sp³-hybridized carbons (Fsp3) is 0.438. The van der Waals surface area contributed by atoms with E-state index in [-0.39, 0.29) is 17.7 Å². The lowest BCUT2D eigenvalue weighted by Crippen LogP contribution is -2.51. The molecule has 0 bridgehead atoms. The van der Waals surface area contributed by atoms with Crippen LogP contribution in [0.5, 0.6) is 0 Å². The minimum absolute atomic E-state index is 0.113. The number of amides is 2. The van der Waals surface area contributed by atoms with Crippen molar-refractivity contribution in [2.75, 3.05) is 26.2 Å². The van der Waals surface area contributed by atoms with Gasteiger partial charge in [0.25, 0.3) is 5.91 Å². The van der Waals surface area contributed by atoms with Crippen molar-refractivity contribution in [3.8, 4) is 11.5 Å². The SMILES string of the molecule is O=C(c1cc(-c2ccco2)[nH]n1)N1CCN(C(=O)C2CC2)CC1.